The van der Waals surface area contributed by atoms with Gasteiger partial charge in [-0.2, -0.15) is 0 Å². The van der Waals surface area contributed by atoms with Gasteiger partial charge < -0.3 is 29.7 Å². The third-order valence-corrected chi connectivity index (χ3v) is 2.65. The number of carboxylic acids is 3. The number of aliphatic carboxylic acids is 3. The molecular formula is C9H3Cl6GaO6. The summed E-state index contributed by atoms with van der Waals surface area (Å²) in [6.45, 7) is 0. The van der Waals surface area contributed by atoms with Crippen molar-refractivity contribution in [3.63, 3.8) is 0 Å². The predicted octanol–water partition coefficient (Wildman–Crippen LogP) is -0.215. The molecule has 0 heterocycles. The molecule has 0 aliphatic carbocycles. The molecule has 0 aromatic rings. The summed E-state index contributed by atoms with van der Waals surface area (Å²) in [4.78, 5) is 28.6. The fourth-order valence-electron chi connectivity index (χ4n) is 0.134. The van der Waals surface area contributed by atoms with Crippen LogP contribution in [0.5, 0.6) is 0 Å². The second-order valence-electron chi connectivity index (χ2n) is 2.23. The van der Waals surface area contributed by atoms with E-state index >= 15 is 0 Å². The minimum atomic E-state index is -1.46. The number of halogens is 6. The van der Waals surface area contributed by atoms with Crippen molar-refractivity contribution in [1.29, 1.82) is 0 Å². The summed E-state index contributed by atoms with van der Waals surface area (Å²) in [5.74, 6) is -4.38. The molecule has 0 aliphatic rings. The van der Waals surface area contributed by atoms with E-state index in [1.807, 2.05) is 0 Å². The first-order chi connectivity index (χ1) is 9.54. The van der Waals surface area contributed by atoms with Gasteiger partial charge in [-0.15, -0.1) is 0 Å². The number of rotatable bonds is 3. The molecule has 120 valence electrons. The van der Waals surface area contributed by atoms with Gasteiger partial charge in [0.2, 0.25) is 0 Å². The summed E-state index contributed by atoms with van der Waals surface area (Å²) in [7, 11) is 0. The molecule has 0 atom stereocenters. The van der Waals surface area contributed by atoms with Crippen LogP contribution in [0.3, 0.4) is 0 Å². The van der Waals surface area contributed by atoms with E-state index in [2.05, 4.69) is 0 Å². The first-order valence-corrected chi connectivity index (χ1v) is 6.51. The number of hydrogen-bond donors (Lipinski definition) is 0. The number of carbonyl (C=O) groups is 3. The summed E-state index contributed by atoms with van der Waals surface area (Å²) in [5.41, 5.74) is 2.20. The topological polar surface area (TPSA) is 120 Å². The summed E-state index contributed by atoms with van der Waals surface area (Å²) in [6.07, 6.45) is 0. The quantitative estimate of drug-likeness (QED) is 0.400. The molecule has 0 unspecified atom stereocenters. The molecule has 0 aromatic carbocycles. The summed E-state index contributed by atoms with van der Waals surface area (Å²) in [6, 6.07) is 0. The van der Waals surface area contributed by atoms with E-state index in [-0.39, 0.29) is 19.8 Å². The Morgan fingerprint density at radius 2 is 0.727 bits per heavy atom. The molecule has 0 aliphatic heterocycles. The van der Waals surface area contributed by atoms with Crippen LogP contribution in [0.2, 0.25) is 0 Å². The minimum absolute atomic E-state index is 0. The number of carbonyl (C=O) groups excluding carboxylic acids is 3. The zero-order valence-electron chi connectivity index (χ0n) is 10.0. The van der Waals surface area contributed by atoms with Gasteiger partial charge in [0.1, 0.15) is 0 Å². The molecule has 0 aromatic heterocycles. The van der Waals surface area contributed by atoms with Gasteiger partial charge in [0, 0.05) is 16.6 Å². The summed E-state index contributed by atoms with van der Waals surface area (Å²) >= 11 is 29.1. The molecule has 6 nitrogen and oxygen atoms in total. The van der Waals surface area contributed by atoms with E-state index in [1.54, 1.807) is 0 Å². The van der Waals surface area contributed by atoms with Gasteiger partial charge in [-0.3, -0.25) is 0 Å². The van der Waals surface area contributed by atoms with Gasteiger partial charge in [0.15, 0.2) is 0 Å². The largest absolute Gasteiger partial charge is 3.00 e. The van der Waals surface area contributed by atoms with Crippen molar-refractivity contribution in [2.45, 2.75) is 0 Å². The molecule has 22 heavy (non-hydrogen) atoms. The van der Waals surface area contributed by atoms with Crippen LogP contribution in [-0.2, 0) is 14.4 Å². The minimum Gasteiger partial charge on any atom is -0.544 e. The molecule has 0 spiro atoms. The van der Waals surface area contributed by atoms with Crippen LogP contribution >= 0.6 is 69.6 Å². The Hall–Kier alpha value is 0.00636. The van der Waals surface area contributed by atoms with Crippen molar-refractivity contribution in [2.75, 3.05) is 0 Å². The van der Waals surface area contributed by atoms with Crippen LogP contribution in [0.15, 0.2) is 31.7 Å². The molecule has 13 heteroatoms. The van der Waals surface area contributed by atoms with Crippen molar-refractivity contribution in [2.24, 2.45) is 0 Å². The molecule has 0 radical (unpaired) electrons. The van der Waals surface area contributed by atoms with Crippen molar-refractivity contribution >= 4 is 107 Å². The Bertz CT molecular complexity index is 395. The smallest absolute Gasteiger partial charge is 0.544 e. The third kappa shape index (κ3) is 22.3. The van der Waals surface area contributed by atoms with Gasteiger partial charge in [0.05, 0.1) is 33.0 Å². The maximum atomic E-state index is 9.53. The Morgan fingerprint density at radius 3 is 0.727 bits per heavy atom. The van der Waals surface area contributed by atoms with E-state index in [4.69, 9.17) is 69.6 Å². The van der Waals surface area contributed by atoms with E-state index in [0.717, 1.165) is 16.6 Å². The van der Waals surface area contributed by atoms with Crippen LogP contribution in [0.25, 0.3) is 0 Å². The molecule has 0 fully saturated rings. The van der Waals surface area contributed by atoms with Crippen LogP contribution in [0, 0.1) is 0 Å². The van der Waals surface area contributed by atoms with Gasteiger partial charge >= 0.3 is 19.8 Å². The number of carboxylic acid groups (broad SMARTS) is 3. The van der Waals surface area contributed by atoms with Crippen LogP contribution in [-0.4, -0.2) is 37.7 Å². The molecule has 0 N–H and O–H groups in total. The van der Waals surface area contributed by atoms with Crippen LogP contribution in [0.1, 0.15) is 0 Å². The van der Waals surface area contributed by atoms with E-state index in [0.29, 0.717) is 0 Å². The number of hydrogen-bond acceptors (Lipinski definition) is 6. The van der Waals surface area contributed by atoms with Crippen molar-refractivity contribution in [1.82, 2.24) is 0 Å². The first-order valence-electron chi connectivity index (χ1n) is 4.06. The molecular weight excluding hydrogens is 487 g/mol. The first kappa shape index (κ1) is 30.0. The standard InChI is InChI=1S/3C3H2Cl2O2.Ga/c3*4-1-2(5)3(6)7;/h3*1H,(H,6,7);/q;;;+3/p-3. The van der Waals surface area contributed by atoms with E-state index in [9.17, 15) is 29.7 Å². The average molecular weight is 490 g/mol. The van der Waals surface area contributed by atoms with Gasteiger partial charge in [-0.25, -0.2) is 0 Å². The predicted molar refractivity (Wildman–Crippen MR) is 80.1 cm³/mol. The fraction of sp³-hybridized carbons (Fsp3) is 0. The van der Waals surface area contributed by atoms with E-state index in [1.165, 1.54) is 0 Å². The van der Waals surface area contributed by atoms with Crippen molar-refractivity contribution < 1.29 is 29.7 Å². The van der Waals surface area contributed by atoms with Crippen LogP contribution < -0.4 is 15.3 Å². The van der Waals surface area contributed by atoms with E-state index < -0.39 is 33.0 Å². The molecule has 0 amide bonds. The average Bonchev–Trinajstić information content (AvgIpc) is 2.45. The summed E-state index contributed by atoms with van der Waals surface area (Å²) < 4.78 is 0. The summed E-state index contributed by atoms with van der Waals surface area (Å²) in [5, 5.41) is 27.1. The zero-order valence-corrected chi connectivity index (χ0v) is 17.0. The van der Waals surface area contributed by atoms with Crippen LogP contribution in [0.4, 0.5) is 0 Å². The molecule has 0 bridgehead atoms. The maximum Gasteiger partial charge on any atom is 3.00 e. The van der Waals surface area contributed by atoms with Gasteiger partial charge in [0.25, 0.3) is 0 Å². The van der Waals surface area contributed by atoms with Crippen molar-refractivity contribution in [3.05, 3.63) is 31.7 Å². The Kier molecular flexibility index (Phi) is 25.9. The Labute approximate surface area is 167 Å². The second kappa shape index (κ2) is 19.1. The molecule has 0 rings (SSSR count). The Balaban J connectivity index is -0.000000108. The maximum absolute atomic E-state index is 9.53. The van der Waals surface area contributed by atoms with Gasteiger partial charge in [-0.05, 0) is 0 Å². The second-order valence-corrected chi connectivity index (χ2v) is 4.11. The Morgan fingerprint density at radius 1 is 0.591 bits per heavy atom. The van der Waals surface area contributed by atoms with Gasteiger partial charge in [-0.1, -0.05) is 69.6 Å². The zero-order chi connectivity index (χ0) is 17.6. The SMILES string of the molecule is O=C([O-])C(Cl)=CCl.O=C([O-])C(Cl)=CCl.O=C([O-])C(Cl)=CCl.[Ga+3]. The third-order valence-electron chi connectivity index (χ3n) is 0.872. The fourth-order valence-corrected chi connectivity index (χ4v) is 0.401. The molecule has 0 saturated heterocycles. The van der Waals surface area contributed by atoms with Crippen molar-refractivity contribution in [3.8, 4) is 0 Å². The molecule has 0 saturated carbocycles. The normalized spacial score (nSPS) is 10.9. The monoisotopic (exact) mass is 486 g/mol.